The molecule has 0 unspecified atom stereocenters. The van der Waals surface area contributed by atoms with Gasteiger partial charge in [0.05, 0.1) is 12.0 Å². The van der Waals surface area contributed by atoms with Gasteiger partial charge in [-0.2, -0.15) is 4.98 Å². The Hall–Kier alpha value is -3.51. The molecule has 2 aromatic heterocycles. The summed E-state index contributed by atoms with van der Waals surface area (Å²) in [5, 5.41) is 14.7. The monoisotopic (exact) mass is 373 g/mol. The Morgan fingerprint density at radius 1 is 0.964 bits per heavy atom. The summed E-state index contributed by atoms with van der Waals surface area (Å²) in [5.41, 5.74) is 0.394. The quantitative estimate of drug-likeness (QED) is 0.540. The molecule has 2 heterocycles. The van der Waals surface area contributed by atoms with Crippen LogP contribution in [-0.2, 0) is 12.0 Å². The third-order valence-corrected chi connectivity index (χ3v) is 4.32. The molecule has 0 aliphatic carbocycles. The third kappa shape index (κ3) is 4.07. The van der Waals surface area contributed by atoms with Crippen LogP contribution >= 0.6 is 0 Å². The van der Waals surface area contributed by atoms with E-state index in [1.807, 2.05) is 66.7 Å². The first-order valence-corrected chi connectivity index (χ1v) is 8.90. The summed E-state index contributed by atoms with van der Waals surface area (Å²) in [7, 11) is 0. The number of pyridine rings is 1. The van der Waals surface area contributed by atoms with Crippen LogP contribution in [0.3, 0.4) is 0 Å². The summed E-state index contributed by atoms with van der Waals surface area (Å²) in [6, 6.07) is 22.4. The zero-order valence-corrected chi connectivity index (χ0v) is 15.3. The highest BCUT2D eigenvalue weighted by atomic mass is 16.5. The molecule has 4 aromatic rings. The number of hydrogen-bond donors (Lipinski definition) is 1. The molecule has 0 aliphatic heterocycles. The molecule has 0 bridgehead atoms. The van der Waals surface area contributed by atoms with Crippen LogP contribution in [-0.4, -0.2) is 20.2 Å². The fraction of sp³-hybridized carbons (Fsp3) is 0.136. The van der Waals surface area contributed by atoms with Crippen LogP contribution in [0.2, 0.25) is 0 Å². The SMILES string of the molecule is C[C@@](O)(Cc1nc(-c2ccc(Oc3ccccc3)nc2)no1)c1ccccc1. The maximum atomic E-state index is 10.7. The molecule has 0 fully saturated rings. The summed E-state index contributed by atoms with van der Waals surface area (Å²) in [6.07, 6.45) is 1.84. The van der Waals surface area contributed by atoms with Crippen molar-refractivity contribution in [1.82, 2.24) is 15.1 Å². The molecule has 0 saturated heterocycles. The van der Waals surface area contributed by atoms with E-state index >= 15 is 0 Å². The van der Waals surface area contributed by atoms with Gasteiger partial charge < -0.3 is 14.4 Å². The van der Waals surface area contributed by atoms with E-state index in [1.165, 1.54) is 0 Å². The molecular weight excluding hydrogens is 354 g/mol. The van der Waals surface area contributed by atoms with Gasteiger partial charge >= 0.3 is 0 Å². The number of ether oxygens (including phenoxy) is 1. The molecule has 140 valence electrons. The number of nitrogens with zero attached hydrogens (tertiary/aromatic N) is 3. The number of aromatic nitrogens is 3. The second-order valence-electron chi connectivity index (χ2n) is 6.63. The third-order valence-electron chi connectivity index (χ3n) is 4.32. The van der Waals surface area contributed by atoms with Crippen LogP contribution in [0.5, 0.6) is 11.6 Å². The summed E-state index contributed by atoms with van der Waals surface area (Å²) < 4.78 is 11.0. The fourth-order valence-corrected chi connectivity index (χ4v) is 2.82. The van der Waals surface area contributed by atoms with Gasteiger partial charge in [0.1, 0.15) is 5.75 Å². The van der Waals surface area contributed by atoms with Gasteiger partial charge in [0, 0.05) is 17.8 Å². The maximum Gasteiger partial charge on any atom is 0.230 e. The highest BCUT2D eigenvalue weighted by molar-refractivity contribution is 5.53. The topological polar surface area (TPSA) is 81.3 Å². The predicted molar refractivity (Wildman–Crippen MR) is 104 cm³/mol. The van der Waals surface area contributed by atoms with Crippen molar-refractivity contribution in [2.24, 2.45) is 0 Å². The van der Waals surface area contributed by atoms with E-state index in [-0.39, 0.29) is 6.42 Å². The van der Waals surface area contributed by atoms with Gasteiger partial charge in [-0.15, -0.1) is 0 Å². The van der Waals surface area contributed by atoms with E-state index in [1.54, 1.807) is 19.2 Å². The minimum atomic E-state index is -1.10. The van der Waals surface area contributed by atoms with E-state index in [9.17, 15) is 5.11 Å². The molecule has 0 saturated carbocycles. The Bertz CT molecular complexity index is 1030. The summed E-state index contributed by atoms with van der Waals surface area (Å²) in [4.78, 5) is 8.67. The number of para-hydroxylation sites is 1. The van der Waals surface area contributed by atoms with Crippen LogP contribution in [0.4, 0.5) is 0 Å². The second-order valence-corrected chi connectivity index (χ2v) is 6.63. The lowest BCUT2D eigenvalue weighted by Gasteiger charge is -2.21. The normalized spacial score (nSPS) is 13.1. The summed E-state index contributed by atoms with van der Waals surface area (Å²) in [6.45, 7) is 1.73. The molecular formula is C22H19N3O3. The van der Waals surface area contributed by atoms with Crippen molar-refractivity contribution in [3.8, 4) is 23.0 Å². The van der Waals surface area contributed by atoms with Gasteiger partial charge in [-0.1, -0.05) is 53.7 Å². The van der Waals surface area contributed by atoms with Crippen molar-refractivity contribution in [2.75, 3.05) is 0 Å². The van der Waals surface area contributed by atoms with Crippen molar-refractivity contribution in [3.63, 3.8) is 0 Å². The van der Waals surface area contributed by atoms with Crippen LogP contribution < -0.4 is 4.74 Å². The molecule has 0 radical (unpaired) electrons. The molecule has 0 amide bonds. The van der Waals surface area contributed by atoms with Crippen molar-refractivity contribution in [2.45, 2.75) is 18.9 Å². The molecule has 4 rings (SSSR count). The molecule has 6 nitrogen and oxygen atoms in total. The van der Waals surface area contributed by atoms with Gasteiger partial charge in [-0.05, 0) is 30.7 Å². The zero-order chi connectivity index (χ0) is 19.4. The summed E-state index contributed by atoms with van der Waals surface area (Å²) >= 11 is 0. The Morgan fingerprint density at radius 3 is 2.36 bits per heavy atom. The number of aliphatic hydroxyl groups is 1. The van der Waals surface area contributed by atoms with Gasteiger partial charge in [-0.3, -0.25) is 0 Å². The lowest BCUT2D eigenvalue weighted by atomic mass is 9.93. The van der Waals surface area contributed by atoms with Crippen LogP contribution in [0.25, 0.3) is 11.4 Å². The summed E-state index contributed by atoms with van der Waals surface area (Å²) in [5.74, 6) is 1.96. The Labute approximate surface area is 162 Å². The fourth-order valence-electron chi connectivity index (χ4n) is 2.82. The molecule has 0 aliphatic rings. The van der Waals surface area contributed by atoms with E-state index in [0.29, 0.717) is 28.9 Å². The lowest BCUT2D eigenvalue weighted by Crippen LogP contribution is -2.24. The largest absolute Gasteiger partial charge is 0.439 e. The number of benzene rings is 2. The average Bonchev–Trinajstić information content (AvgIpc) is 3.18. The molecule has 28 heavy (non-hydrogen) atoms. The predicted octanol–water partition coefficient (Wildman–Crippen LogP) is 4.37. The van der Waals surface area contributed by atoms with Gasteiger partial charge in [0.2, 0.25) is 17.6 Å². The van der Waals surface area contributed by atoms with E-state index in [2.05, 4.69) is 15.1 Å². The van der Waals surface area contributed by atoms with Crippen LogP contribution in [0, 0.1) is 0 Å². The van der Waals surface area contributed by atoms with E-state index in [4.69, 9.17) is 9.26 Å². The molecule has 1 atom stereocenters. The van der Waals surface area contributed by atoms with Crippen LogP contribution in [0.15, 0.2) is 83.5 Å². The Balaban J connectivity index is 1.47. The van der Waals surface area contributed by atoms with E-state index in [0.717, 1.165) is 5.56 Å². The van der Waals surface area contributed by atoms with Gasteiger partial charge in [-0.25, -0.2) is 4.98 Å². The van der Waals surface area contributed by atoms with Gasteiger partial charge in [0.25, 0.3) is 0 Å². The van der Waals surface area contributed by atoms with Crippen LogP contribution in [0.1, 0.15) is 18.4 Å². The number of rotatable bonds is 6. The zero-order valence-electron chi connectivity index (χ0n) is 15.3. The highest BCUT2D eigenvalue weighted by Crippen LogP contribution is 2.26. The minimum absolute atomic E-state index is 0.215. The average molecular weight is 373 g/mol. The minimum Gasteiger partial charge on any atom is -0.439 e. The van der Waals surface area contributed by atoms with Crippen molar-refractivity contribution < 1.29 is 14.4 Å². The second kappa shape index (κ2) is 7.62. The maximum absolute atomic E-state index is 10.7. The van der Waals surface area contributed by atoms with Crippen molar-refractivity contribution in [3.05, 3.63) is 90.4 Å². The standard InChI is InChI=1S/C22H19N3O3/c1-22(26,17-8-4-2-5-9-17)14-20-24-21(25-28-20)16-12-13-19(23-15-16)27-18-10-6-3-7-11-18/h2-13,15,26H,14H2,1H3/t22-/m1/s1. The highest BCUT2D eigenvalue weighted by Gasteiger charge is 2.26. The lowest BCUT2D eigenvalue weighted by molar-refractivity contribution is 0.0490. The van der Waals surface area contributed by atoms with Crippen molar-refractivity contribution >= 4 is 0 Å². The molecule has 6 heteroatoms. The Morgan fingerprint density at radius 2 is 1.68 bits per heavy atom. The molecule has 0 spiro atoms. The van der Waals surface area contributed by atoms with E-state index < -0.39 is 5.60 Å². The first-order valence-electron chi connectivity index (χ1n) is 8.90. The molecule has 1 N–H and O–H groups in total. The first kappa shape index (κ1) is 17.9. The Kier molecular flexibility index (Phi) is 4.87. The first-order chi connectivity index (χ1) is 13.6. The number of hydrogen-bond acceptors (Lipinski definition) is 6. The molecule has 2 aromatic carbocycles. The smallest absolute Gasteiger partial charge is 0.230 e. The van der Waals surface area contributed by atoms with Gasteiger partial charge in [0.15, 0.2) is 0 Å². The van der Waals surface area contributed by atoms with Crippen molar-refractivity contribution in [1.29, 1.82) is 0 Å².